The number of rotatable bonds is 9. The molecule has 2 amide bonds. The van der Waals surface area contributed by atoms with Crippen LogP contribution in [-0.2, 0) is 6.54 Å². The van der Waals surface area contributed by atoms with Gasteiger partial charge < -0.3 is 16.0 Å². The van der Waals surface area contributed by atoms with E-state index in [1.54, 1.807) is 17.1 Å². The molecule has 180 valence electrons. The van der Waals surface area contributed by atoms with Crippen LogP contribution in [0.25, 0.3) is 5.70 Å². The smallest absolute Gasteiger partial charge is 0.253 e. The molecule has 0 spiro atoms. The summed E-state index contributed by atoms with van der Waals surface area (Å²) in [6, 6.07) is 15.6. The molecule has 0 bridgehead atoms. The number of carbonyl (C=O) groups excluding carboxylic acids is 2. The zero-order valence-corrected chi connectivity index (χ0v) is 20.4. The van der Waals surface area contributed by atoms with Crippen molar-refractivity contribution in [2.24, 2.45) is 5.10 Å². The highest BCUT2D eigenvalue weighted by Gasteiger charge is 2.24. The van der Waals surface area contributed by atoms with E-state index in [0.29, 0.717) is 35.1 Å². The Morgan fingerprint density at radius 3 is 2.54 bits per heavy atom. The van der Waals surface area contributed by atoms with Gasteiger partial charge in [-0.15, -0.1) is 0 Å². The van der Waals surface area contributed by atoms with Gasteiger partial charge in [0.2, 0.25) is 0 Å². The Bertz CT molecular complexity index is 1290. The van der Waals surface area contributed by atoms with Crippen LogP contribution in [0.5, 0.6) is 0 Å². The van der Waals surface area contributed by atoms with E-state index in [9.17, 15) is 9.59 Å². The quantitative estimate of drug-likeness (QED) is 0.391. The van der Waals surface area contributed by atoms with Crippen molar-refractivity contribution in [3.05, 3.63) is 94.8 Å². The van der Waals surface area contributed by atoms with E-state index in [-0.39, 0.29) is 11.8 Å². The number of amides is 2. The van der Waals surface area contributed by atoms with Gasteiger partial charge in [-0.1, -0.05) is 43.0 Å². The first-order valence-corrected chi connectivity index (χ1v) is 11.8. The van der Waals surface area contributed by atoms with E-state index >= 15 is 0 Å². The third-order valence-electron chi connectivity index (χ3n) is 6.00. The second-order valence-electron chi connectivity index (χ2n) is 8.78. The highest BCUT2D eigenvalue weighted by molar-refractivity contribution is 5.98. The van der Waals surface area contributed by atoms with Gasteiger partial charge in [0.1, 0.15) is 0 Å². The first-order valence-electron chi connectivity index (χ1n) is 11.8. The molecule has 1 aromatic heterocycles. The Kier molecular flexibility index (Phi) is 7.15. The highest BCUT2D eigenvalue weighted by atomic mass is 16.2. The van der Waals surface area contributed by atoms with Crippen LogP contribution in [0.3, 0.4) is 0 Å². The maximum atomic E-state index is 13.0. The van der Waals surface area contributed by atoms with E-state index in [0.717, 1.165) is 35.2 Å². The highest BCUT2D eigenvalue weighted by Crippen LogP contribution is 2.27. The topological polar surface area (TPSA) is 87.5 Å². The summed E-state index contributed by atoms with van der Waals surface area (Å²) < 4.78 is 1.65. The van der Waals surface area contributed by atoms with Gasteiger partial charge in [0.05, 0.1) is 17.0 Å². The number of aryl methyl sites for hydroxylation is 1. The Morgan fingerprint density at radius 1 is 1.11 bits per heavy atom. The second kappa shape index (κ2) is 10.4. The molecule has 1 saturated carbocycles. The Morgan fingerprint density at radius 2 is 1.86 bits per heavy atom. The molecule has 0 saturated heterocycles. The zero-order chi connectivity index (χ0) is 24.9. The molecule has 2 aromatic carbocycles. The third kappa shape index (κ3) is 5.69. The van der Waals surface area contributed by atoms with Crippen molar-refractivity contribution < 1.29 is 9.59 Å². The summed E-state index contributed by atoms with van der Waals surface area (Å²) in [6.07, 6.45) is 5.45. The van der Waals surface area contributed by atoms with Crippen molar-refractivity contribution in [2.75, 3.05) is 5.32 Å². The molecule has 1 aliphatic rings. The van der Waals surface area contributed by atoms with Crippen LogP contribution in [0.15, 0.2) is 66.4 Å². The summed E-state index contributed by atoms with van der Waals surface area (Å²) >= 11 is 0. The lowest BCUT2D eigenvalue weighted by Crippen LogP contribution is -2.25. The number of nitrogens with zero attached hydrogens (tertiary/aromatic N) is 2. The average Bonchev–Trinajstić information content (AvgIpc) is 3.60. The Labute approximate surface area is 205 Å². The van der Waals surface area contributed by atoms with Crippen LogP contribution < -0.4 is 16.0 Å². The maximum Gasteiger partial charge on any atom is 0.253 e. The van der Waals surface area contributed by atoms with E-state index in [1.165, 1.54) is 0 Å². The average molecular weight is 470 g/mol. The van der Waals surface area contributed by atoms with E-state index in [2.05, 4.69) is 27.6 Å². The second-order valence-corrected chi connectivity index (χ2v) is 8.78. The lowest BCUT2D eigenvalue weighted by molar-refractivity contribution is 0.0942. The molecule has 3 aromatic rings. The summed E-state index contributed by atoms with van der Waals surface area (Å²) in [6.45, 7) is 10.3. The molecule has 3 N–H and O–H groups in total. The van der Waals surface area contributed by atoms with Gasteiger partial charge in [-0.3, -0.25) is 9.59 Å². The van der Waals surface area contributed by atoms with Crippen molar-refractivity contribution in [3.63, 3.8) is 0 Å². The summed E-state index contributed by atoms with van der Waals surface area (Å²) in [4.78, 5) is 25.5. The van der Waals surface area contributed by atoms with Crippen molar-refractivity contribution >= 4 is 29.4 Å². The monoisotopic (exact) mass is 469 g/mol. The molecule has 35 heavy (non-hydrogen) atoms. The first-order chi connectivity index (χ1) is 16.9. The summed E-state index contributed by atoms with van der Waals surface area (Å²) in [5.41, 5.74) is 5.94. The van der Waals surface area contributed by atoms with Crippen LogP contribution >= 0.6 is 0 Å². The fourth-order valence-electron chi connectivity index (χ4n) is 3.88. The summed E-state index contributed by atoms with van der Waals surface area (Å²) in [5.74, 6) is -0.256. The summed E-state index contributed by atoms with van der Waals surface area (Å²) in [5, 5.41) is 13.7. The molecule has 0 aliphatic heterocycles. The number of hydrogen-bond acceptors (Lipinski definition) is 4. The number of carbonyl (C=O) groups is 2. The zero-order valence-electron chi connectivity index (χ0n) is 20.4. The number of benzene rings is 2. The minimum absolute atomic E-state index is 0.0753. The molecular weight excluding hydrogens is 438 g/mol. The SMILES string of the molecule is C=C(Nc1cc(C(=O)NC2CC2)ccc1C)c1c(C)c(C(=O)NCc2ccccc2)cn1/N=C\C. The third-order valence-corrected chi connectivity index (χ3v) is 6.00. The lowest BCUT2D eigenvalue weighted by atomic mass is 10.1. The van der Waals surface area contributed by atoms with Gasteiger partial charge in [-0.05, 0) is 62.4 Å². The van der Waals surface area contributed by atoms with Crippen LogP contribution in [-0.4, -0.2) is 28.7 Å². The number of anilines is 1. The summed E-state index contributed by atoms with van der Waals surface area (Å²) in [7, 11) is 0. The lowest BCUT2D eigenvalue weighted by Gasteiger charge is -2.15. The van der Waals surface area contributed by atoms with Crippen LogP contribution in [0.2, 0.25) is 0 Å². The van der Waals surface area contributed by atoms with Crippen molar-refractivity contribution in [2.45, 2.75) is 46.2 Å². The molecule has 1 fully saturated rings. The van der Waals surface area contributed by atoms with Crippen molar-refractivity contribution in [1.82, 2.24) is 15.3 Å². The van der Waals surface area contributed by atoms with Gasteiger partial charge in [0.15, 0.2) is 0 Å². The van der Waals surface area contributed by atoms with E-state index < -0.39 is 0 Å². The minimum Gasteiger partial charge on any atom is -0.354 e. The first kappa shape index (κ1) is 24.0. The van der Waals surface area contributed by atoms with Gasteiger partial charge >= 0.3 is 0 Å². The fourth-order valence-corrected chi connectivity index (χ4v) is 3.88. The Hall–Kier alpha value is -4.13. The van der Waals surface area contributed by atoms with Crippen LogP contribution in [0.4, 0.5) is 5.69 Å². The predicted molar refractivity (Wildman–Crippen MR) is 141 cm³/mol. The van der Waals surface area contributed by atoms with Gasteiger partial charge in [-0.2, -0.15) is 5.10 Å². The predicted octanol–water partition coefficient (Wildman–Crippen LogP) is 4.86. The standard InChI is InChI=1S/C28H31N5O2/c1-5-30-33-17-24(28(35)29-16-21-9-7-6-8-10-21)19(3)26(33)20(4)31-25-15-22(12-11-18(25)2)27(34)32-23-13-14-23/h5-12,15,17,23,31H,4,13-14,16H2,1-3H3,(H,29,35)(H,32,34)/b30-5-. The maximum absolute atomic E-state index is 13.0. The van der Waals surface area contributed by atoms with Crippen molar-refractivity contribution in [3.8, 4) is 0 Å². The molecule has 7 nitrogen and oxygen atoms in total. The Balaban J connectivity index is 1.55. The molecule has 4 rings (SSSR count). The fraction of sp³-hybridized carbons (Fsp3) is 0.250. The van der Waals surface area contributed by atoms with Crippen LogP contribution in [0, 0.1) is 13.8 Å². The molecule has 0 unspecified atom stereocenters. The minimum atomic E-state index is -0.180. The molecule has 0 atom stereocenters. The number of nitrogens with one attached hydrogen (secondary N) is 3. The van der Waals surface area contributed by atoms with Gasteiger partial charge in [-0.25, -0.2) is 4.68 Å². The van der Waals surface area contributed by atoms with E-state index in [1.807, 2.05) is 69.3 Å². The molecule has 1 heterocycles. The molecular formula is C28H31N5O2. The molecule has 7 heteroatoms. The van der Waals surface area contributed by atoms with Gasteiger partial charge in [0, 0.05) is 36.2 Å². The molecule has 0 radical (unpaired) electrons. The van der Waals surface area contributed by atoms with Crippen molar-refractivity contribution in [1.29, 1.82) is 0 Å². The van der Waals surface area contributed by atoms with E-state index in [4.69, 9.17) is 0 Å². The normalized spacial score (nSPS) is 13.0. The largest absolute Gasteiger partial charge is 0.354 e. The molecule has 1 aliphatic carbocycles. The number of hydrogen-bond donors (Lipinski definition) is 3. The number of aromatic nitrogens is 1. The van der Waals surface area contributed by atoms with Gasteiger partial charge in [0.25, 0.3) is 11.8 Å². The van der Waals surface area contributed by atoms with Crippen LogP contribution in [0.1, 0.15) is 62.9 Å².